The molecular weight excluding hydrogens is 548 g/mol. The molecule has 1 fully saturated rings. The van der Waals surface area contributed by atoms with Gasteiger partial charge in [-0.1, -0.05) is 111 Å². The smallest absolute Gasteiger partial charge is 0.183 e. The highest BCUT2D eigenvalue weighted by molar-refractivity contribution is 6.08. The molecule has 1 heterocycles. The van der Waals surface area contributed by atoms with Gasteiger partial charge in [0.15, 0.2) is 11.8 Å². The van der Waals surface area contributed by atoms with E-state index in [-0.39, 0.29) is 5.41 Å². The zero-order valence-corrected chi connectivity index (χ0v) is 26.1. The van der Waals surface area contributed by atoms with Crippen LogP contribution >= 0.6 is 0 Å². The Kier molecular flexibility index (Phi) is 7.35. The first-order chi connectivity index (χ1) is 22.1. The quantitative estimate of drug-likeness (QED) is 0.103. The minimum absolute atomic E-state index is 0.0372. The molecule has 1 saturated carbocycles. The molecule has 0 amide bonds. The van der Waals surface area contributed by atoms with E-state index >= 15 is 0 Å². The third-order valence-electron chi connectivity index (χ3n) is 10.3. The molecule has 4 aromatic rings. The molecule has 4 aromatic carbocycles. The molecule has 2 aliphatic carbocycles. The topological polar surface area (TPSA) is 36.3 Å². The summed E-state index contributed by atoms with van der Waals surface area (Å²) in [5.41, 5.74) is 8.69. The van der Waals surface area contributed by atoms with Crippen molar-refractivity contribution < 1.29 is 4.74 Å². The van der Waals surface area contributed by atoms with Gasteiger partial charge in [-0.2, -0.15) is 5.26 Å². The van der Waals surface area contributed by atoms with Crippen LogP contribution in [0.25, 0.3) is 28.0 Å². The molecule has 3 heteroatoms. The first-order valence-electron chi connectivity index (χ1n) is 16.2. The van der Waals surface area contributed by atoms with E-state index in [2.05, 4.69) is 91.0 Å². The van der Waals surface area contributed by atoms with Crippen LogP contribution in [0.5, 0.6) is 5.75 Å². The Balaban J connectivity index is 1.52. The second-order valence-corrected chi connectivity index (χ2v) is 12.6. The minimum Gasteiger partial charge on any atom is -0.472 e. The Morgan fingerprint density at radius 3 is 2.31 bits per heavy atom. The van der Waals surface area contributed by atoms with Crippen molar-refractivity contribution in [1.29, 1.82) is 5.26 Å². The van der Waals surface area contributed by atoms with Gasteiger partial charge in [0.1, 0.15) is 5.75 Å². The summed E-state index contributed by atoms with van der Waals surface area (Å²) >= 11 is 0. The van der Waals surface area contributed by atoms with Crippen molar-refractivity contribution in [2.24, 2.45) is 0 Å². The van der Waals surface area contributed by atoms with E-state index in [1.165, 1.54) is 65.3 Å². The zero-order valence-electron chi connectivity index (χ0n) is 26.1. The van der Waals surface area contributed by atoms with Crippen LogP contribution < -0.4 is 9.64 Å². The fourth-order valence-corrected chi connectivity index (χ4v) is 8.19. The SMILES string of the molecule is C#C/C=C\C(=C/C)C1(c2ccc(N(C)C#N)cc2)C=Cc2c3c(c4ccccc4c2O1)-c1ccccc1C31CCCCCCC1. The predicted molar refractivity (Wildman–Crippen MR) is 186 cm³/mol. The van der Waals surface area contributed by atoms with Crippen molar-refractivity contribution in [2.75, 3.05) is 11.9 Å². The van der Waals surface area contributed by atoms with E-state index in [0.29, 0.717) is 0 Å². The van der Waals surface area contributed by atoms with Crippen molar-refractivity contribution in [3.8, 4) is 35.4 Å². The fraction of sp³-hybridized carbons (Fsp3) is 0.262. The average molecular weight is 587 g/mol. The number of benzene rings is 4. The normalized spacial score (nSPS) is 20.0. The summed E-state index contributed by atoms with van der Waals surface area (Å²) in [5.74, 6) is 3.59. The van der Waals surface area contributed by atoms with Gasteiger partial charge in [0.2, 0.25) is 0 Å². The highest BCUT2D eigenvalue weighted by atomic mass is 16.5. The van der Waals surface area contributed by atoms with Gasteiger partial charge in [-0.15, -0.1) is 6.42 Å². The third-order valence-corrected chi connectivity index (χ3v) is 10.3. The maximum Gasteiger partial charge on any atom is 0.183 e. The highest BCUT2D eigenvalue weighted by Crippen LogP contribution is 2.61. The lowest BCUT2D eigenvalue weighted by molar-refractivity contribution is 0.162. The van der Waals surface area contributed by atoms with Gasteiger partial charge in [-0.25, -0.2) is 0 Å². The summed E-state index contributed by atoms with van der Waals surface area (Å²) in [7, 11) is 1.76. The van der Waals surface area contributed by atoms with Crippen LogP contribution in [-0.2, 0) is 11.0 Å². The van der Waals surface area contributed by atoms with Crippen LogP contribution in [0.15, 0.2) is 103 Å². The number of ether oxygens (including phenoxy) is 1. The Morgan fingerprint density at radius 2 is 1.60 bits per heavy atom. The molecule has 222 valence electrons. The van der Waals surface area contributed by atoms with E-state index in [1.54, 1.807) is 18.0 Å². The van der Waals surface area contributed by atoms with Gasteiger partial charge in [-0.3, -0.25) is 4.90 Å². The van der Waals surface area contributed by atoms with Crippen LogP contribution in [0.3, 0.4) is 0 Å². The molecule has 3 aliphatic rings. The third kappa shape index (κ3) is 4.42. The van der Waals surface area contributed by atoms with Crippen LogP contribution in [0, 0.1) is 23.8 Å². The van der Waals surface area contributed by atoms with Crippen LogP contribution in [0.2, 0.25) is 0 Å². The summed E-state index contributed by atoms with van der Waals surface area (Å²) in [4.78, 5) is 1.56. The number of nitrogens with zero attached hydrogens (tertiary/aromatic N) is 2. The molecule has 0 bridgehead atoms. The maximum absolute atomic E-state index is 9.47. The van der Waals surface area contributed by atoms with Crippen molar-refractivity contribution in [3.63, 3.8) is 0 Å². The van der Waals surface area contributed by atoms with Gasteiger partial charge in [-0.05, 0) is 77.8 Å². The fourth-order valence-electron chi connectivity index (χ4n) is 8.19. The second-order valence-electron chi connectivity index (χ2n) is 12.6. The summed E-state index contributed by atoms with van der Waals surface area (Å²) in [6.45, 7) is 2.03. The zero-order chi connectivity index (χ0) is 31.0. The van der Waals surface area contributed by atoms with Gasteiger partial charge in [0.25, 0.3) is 0 Å². The Morgan fingerprint density at radius 1 is 0.911 bits per heavy atom. The van der Waals surface area contributed by atoms with E-state index in [4.69, 9.17) is 11.2 Å². The summed E-state index contributed by atoms with van der Waals surface area (Å²) in [6.07, 6.45) is 26.9. The lowest BCUT2D eigenvalue weighted by atomic mass is 9.67. The molecule has 0 N–H and O–H groups in total. The lowest BCUT2D eigenvalue weighted by Crippen LogP contribution is -2.36. The van der Waals surface area contributed by atoms with E-state index in [1.807, 2.05) is 25.1 Å². The second kappa shape index (κ2) is 11.5. The number of hydrogen-bond acceptors (Lipinski definition) is 3. The lowest BCUT2D eigenvalue weighted by Gasteiger charge is -2.40. The van der Waals surface area contributed by atoms with Crippen molar-refractivity contribution >= 4 is 22.5 Å². The van der Waals surface area contributed by atoms with Crippen LogP contribution in [0.1, 0.15) is 74.1 Å². The summed E-state index contributed by atoms with van der Waals surface area (Å²) in [6, 6.07) is 26.0. The molecule has 0 radical (unpaired) electrons. The molecular formula is C42H38N2O. The minimum atomic E-state index is -0.907. The number of anilines is 1. The van der Waals surface area contributed by atoms with E-state index in [0.717, 1.165) is 40.8 Å². The standard InChI is InChI=1S/C42H38N2O/c1-4-6-16-30(5-2)42(31-21-23-32(24-22-31)44(3)29-43)28-25-36-39-38(33-17-10-11-18-34(33)40(36)45-42)35-19-12-13-20-37(35)41(39)26-14-8-7-9-15-27-41/h1,5-6,10-13,16-25,28H,7-9,14-15,26-27H2,2-3H3/b16-6-,30-5+. The molecule has 1 unspecified atom stereocenters. The Labute approximate surface area is 267 Å². The molecule has 7 rings (SSSR count). The molecule has 3 nitrogen and oxygen atoms in total. The van der Waals surface area contributed by atoms with Gasteiger partial charge < -0.3 is 4.74 Å². The number of nitriles is 1. The molecule has 0 saturated heterocycles. The first-order valence-corrected chi connectivity index (χ1v) is 16.2. The monoisotopic (exact) mass is 586 g/mol. The van der Waals surface area contributed by atoms with Gasteiger partial charge >= 0.3 is 0 Å². The van der Waals surface area contributed by atoms with Crippen molar-refractivity contribution in [1.82, 2.24) is 0 Å². The number of rotatable bonds is 4. The van der Waals surface area contributed by atoms with Crippen molar-refractivity contribution in [3.05, 3.63) is 125 Å². The summed E-state index contributed by atoms with van der Waals surface area (Å²) < 4.78 is 7.46. The van der Waals surface area contributed by atoms with Crippen LogP contribution in [0.4, 0.5) is 5.69 Å². The first kappa shape index (κ1) is 28.8. The number of fused-ring (bicyclic) bond motifs is 10. The van der Waals surface area contributed by atoms with Crippen molar-refractivity contribution in [2.45, 2.75) is 62.9 Å². The predicted octanol–water partition coefficient (Wildman–Crippen LogP) is 10.2. The molecule has 1 aliphatic heterocycles. The maximum atomic E-state index is 9.47. The average Bonchev–Trinajstić information content (AvgIpc) is 3.37. The van der Waals surface area contributed by atoms with E-state index in [9.17, 15) is 5.26 Å². The summed E-state index contributed by atoms with van der Waals surface area (Å²) in [5, 5.41) is 11.8. The number of allylic oxidation sites excluding steroid dienone is 2. The Bertz CT molecular complexity index is 1960. The molecule has 1 spiro atoms. The van der Waals surface area contributed by atoms with E-state index < -0.39 is 5.60 Å². The Hall–Kier alpha value is -4.99. The highest BCUT2D eigenvalue weighted by Gasteiger charge is 2.48. The van der Waals surface area contributed by atoms with Gasteiger partial charge in [0, 0.05) is 34.5 Å². The molecule has 0 aromatic heterocycles. The van der Waals surface area contributed by atoms with Crippen LogP contribution in [-0.4, -0.2) is 7.05 Å². The molecule has 1 atom stereocenters. The largest absolute Gasteiger partial charge is 0.472 e. The van der Waals surface area contributed by atoms with Gasteiger partial charge in [0.05, 0.1) is 5.69 Å². The molecule has 45 heavy (non-hydrogen) atoms. The number of hydrogen-bond donors (Lipinski definition) is 0. The number of terminal acetylenes is 1.